The number of fused-ring (bicyclic) bond motifs is 4. The minimum atomic E-state index is -1.58. The molecular formula is C54H66Cl2Hf. The number of benzene rings is 4. The average molecular weight is 965 g/mol. The van der Waals surface area contributed by atoms with Gasteiger partial charge in [-0.3, -0.25) is 0 Å². The molecule has 2 unspecified atom stereocenters. The van der Waals surface area contributed by atoms with Crippen molar-refractivity contribution in [2.75, 3.05) is 0 Å². The van der Waals surface area contributed by atoms with Crippen molar-refractivity contribution in [1.29, 1.82) is 0 Å². The summed E-state index contributed by atoms with van der Waals surface area (Å²) in [5, 5.41) is 0. The Labute approximate surface area is 370 Å². The van der Waals surface area contributed by atoms with Crippen LogP contribution in [-0.2, 0) is 55.4 Å². The fourth-order valence-corrected chi connectivity index (χ4v) is 17.6. The third kappa shape index (κ3) is 7.83. The maximum atomic E-state index is 2.73. The third-order valence-corrected chi connectivity index (χ3v) is 21.3. The Hall–Kier alpha value is -2.19. The van der Waals surface area contributed by atoms with Crippen LogP contribution in [0.1, 0.15) is 197 Å². The van der Waals surface area contributed by atoms with Gasteiger partial charge >= 0.3 is 348 Å². The van der Waals surface area contributed by atoms with Gasteiger partial charge in [-0.25, -0.2) is 0 Å². The molecule has 0 amide bonds. The second-order valence-electron chi connectivity index (χ2n) is 22.5. The molecule has 0 fully saturated rings. The molecule has 8 rings (SSSR count). The molecule has 4 aliphatic rings. The van der Waals surface area contributed by atoms with Crippen molar-refractivity contribution in [2.45, 2.75) is 162 Å². The molecule has 0 aromatic heterocycles. The third-order valence-electron chi connectivity index (χ3n) is 14.5. The Morgan fingerprint density at radius 1 is 0.439 bits per heavy atom. The van der Waals surface area contributed by atoms with Gasteiger partial charge in [-0.2, -0.15) is 0 Å². The van der Waals surface area contributed by atoms with Crippen LogP contribution in [0.4, 0.5) is 0 Å². The van der Waals surface area contributed by atoms with Crippen LogP contribution in [0.2, 0.25) is 0 Å². The second-order valence-corrected chi connectivity index (χ2v) is 27.8. The fraction of sp³-hybridized carbons (Fsp3) is 0.481. The molecule has 4 aromatic rings. The molecule has 0 aliphatic heterocycles. The van der Waals surface area contributed by atoms with Crippen molar-refractivity contribution in [3.8, 4) is 0 Å². The summed E-state index contributed by atoms with van der Waals surface area (Å²) in [4.78, 5) is 0. The maximum Gasteiger partial charge on any atom is -1.00 e. The monoisotopic (exact) mass is 964 g/mol. The molecule has 3 heteroatoms. The zero-order chi connectivity index (χ0) is 39.7. The summed E-state index contributed by atoms with van der Waals surface area (Å²) in [5.41, 5.74) is 22.4. The van der Waals surface area contributed by atoms with E-state index < -0.39 is 22.9 Å². The van der Waals surface area contributed by atoms with E-state index >= 15 is 0 Å². The van der Waals surface area contributed by atoms with E-state index in [0.29, 0.717) is 7.35 Å². The van der Waals surface area contributed by atoms with Crippen molar-refractivity contribution in [2.24, 2.45) is 0 Å². The van der Waals surface area contributed by atoms with Crippen LogP contribution in [0.5, 0.6) is 0 Å². The van der Waals surface area contributed by atoms with E-state index in [0.717, 1.165) is 0 Å². The van der Waals surface area contributed by atoms with Crippen LogP contribution in [0, 0.1) is 0 Å². The summed E-state index contributed by atoms with van der Waals surface area (Å²) in [5.74, 6) is 0. The number of halogens is 2. The van der Waals surface area contributed by atoms with Gasteiger partial charge in [0.15, 0.2) is 0 Å². The van der Waals surface area contributed by atoms with Gasteiger partial charge in [0, 0.05) is 0 Å². The van der Waals surface area contributed by atoms with E-state index in [-0.39, 0.29) is 57.3 Å². The molecular weight excluding hydrogens is 898 g/mol. The van der Waals surface area contributed by atoms with Crippen molar-refractivity contribution in [1.82, 2.24) is 0 Å². The molecule has 0 saturated carbocycles. The minimum absolute atomic E-state index is 0. The predicted octanol–water partition coefficient (Wildman–Crippen LogP) is 8.96. The van der Waals surface area contributed by atoms with E-state index in [2.05, 4.69) is 182 Å². The molecule has 2 atom stereocenters. The van der Waals surface area contributed by atoms with Crippen LogP contribution < -0.4 is 24.8 Å². The van der Waals surface area contributed by atoms with E-state index in [1.54, 1.807) is 44.5 Å². The first-order valence-corrected chi connectivity index (χ1v) is 25.4. The van der Waals surface area contributed by atoms with E-state index in [1.807, 2.05) is 0 Å². The first-order valence-electron chi connectivity index (χ1n) is 21.3. The standard InChI is InChI=1S/2C27H33.2ClH.Hf/c2*1-25(2,3)22-10-8-18(9-11-22)19-14-20-16-23-24(17-21(20)15-19)27(6,7)13-12-26(23,4)5;;;/h2*8-11,14-17H,12-13H2,1-7H3;2*1H;/q;;;;+2/p-2. The van der Waals surface area contributed by atoms with Gasteiger partial charge in [-0.05, 0) is 0 Å². The number of hydrogen-bond donors (Lipinski definition) is 0. The van der Waals surface area contributed by atoms with Crippen LogP contribution in [0.3, 0.4) is 0 Å². The topological polar surface area (TPSA) is 0 Å². The molecule has 0 nitrogen and oxygen atoms in total. The van der Waals surface area contributed by atoms with Crippen LogP contribution in [0.15, 0.2) is 72.8 Å². The molecule has 0 bridgehead atoms. The molecule has 57 heavy (non-hydrogen) atoms. The van der Waals surface area contributed by atoms with Crippen molar-refractivity contribution in [3.05, 3.63) is 140 Å². The minimum Gasteiger partial charge on any atom is -1.00 e. The zero-order valence-electron chi connectivity index (χ0n) is 37.3. The first kappa shape index (κ1) is 44.4. The molecule has 0 radical (unpaired) electrons. The maximum absolute atomic E-state index is 2.73. The van der Waals surface area contributed by atoms with Gasteiger partial charge in [0.2, 0.25) is 0 Å². The van der Waals surface area contributed by atoms with E-state index in [4.69, 9.17) is 0 Å². The van der Waals surface area contributed by atoms with Gasteiger partial charge in [0.25, 0.3) is 0 Å². The molecule has 0 heterocycles. The number of hydrogen-bond acceptors (Lipinski definition) is 0. The summed E-state index contributed by atoms with van der Waals surface area (Å²) in [6.07, 6.45) is 10.3. The van der Waals surface area contributed by atoms with Gasteiger partial charge in [-0.1, -0.05) is 0 Å². The van der Waals surface area contributed by atoms with Crippen LogP contribution >= 0.6 is 0 Å². The molecule has 4 aromatic carbocycles. The quantitative estimate of drug-likeness (QED) is 0.180. The summed E-state index contributed by atoms with van der Waals surface area (Å²) < 4.78 is 0.991. The zero-order valence-corrected chi connectivity index (χ0v) is 42.4. The fourth-order valence-electron chi connectivity index (χ4n) is 10.2. The van der Waals surface area contributed by atoms with Gasteiger partial charge in [-0.15, -0.1) is 0 Å². The van der Waals surface area contributed by atoms with Gasteiger partial charge in [0.1, 0.15) is 0 Å². The van der Waals surface area contributed by atoms with Crippen LogP contribution in [0.25, 0.3) is 23.3 Å². The average Bonchev–Trinajstić information content (AvgIpc) is 3.65. The Bertz CT molecular complexity index is 2080. The summed E-state index contributed by atoms with van der Waals surface area (Å²) >= 11 is -1.58. The molecule has 4 aliphatic carbocycles. The van der Waals surface area contributed by atoms with E-state index in [9.17, 15) is 0 Å². The van der Waals surface area contributed by atoms with E-state index in [1.165, 1.54) is 59.1 Å². The molecule has 300 valence electrons. The number of allylic oxidation sites excluding steroid dienone is 2. The van der Waals surface area contributed by atoms with Crippen molar-refractivity contribution < 1.29 is 47.7 Å². The number of rotatable bonds is 4. The molecule has 0 N–H and O–H groups in total. The summed E-state index contributed by atoms with van der Waals surface area (Å²) in [7, 11) is 0. The second kappa shape index (κ2) is 14.8. The SMILES string of the molecule is CC(C)(C)c1ccc(C2=Cc3cc4c(cc3[CH]2[Hf+2][CH]2C(c3ccc(C(C)(C)C)cc3)=Cc3cc5c(cc32)C(C)(C)CCC5(C)C)C(C)(C)CCC4(C)C)cc1.[Cl-].[Cl-]. The van der Waals surface area contributed by atoms with Crippen molar-refractivity contribution >= 4 is 23.3 Å². The van der Waals surface area contributed by atoms with Crippen LogP contribution in [-0.4, -0.2) is 0 Å². The summed E-state index contributed by atoms with van der Waals surface area (Å²) in [6, 6.07) is 30.2. The normalized spacial score (nSPS) is 22.0. The Balaban J connectivity index is 0.00000275. The predicted molar refractivity (Wildman–Crippen MR) is 235 cm³/mol. The molecule has 0 spiro atoms. The Kier molecular flexibility index (Phi) is 11.5. The Morgan fingerprint density at radius 3 is 1.00 bits per heavy atom. The van der Waals surface area contributed by atoms with Crippen molar-refractivity contribution in [3.63, 3.8) is 0 Å². The molecule has 0 saturated heterocycles. The Morgan fingerprint density at radius 2 is 0.719 bits per heavy atom. The van der Waals surface area contributed by atoms with Gasteiger partial charge < -0.3 is 24.8 Å². The summed E-state index contributed by atoms with van der Waals surface area (Å²) in [6.45, 7) is 33.9. The largest absolute Gasteiger partial charge is 1.00 e. The van der Waals surface area contributed by atoms with Gasteiger partial charge in [0.05, 0.1) is 0 Å². The smallest absolute Gasteiger partial charge is 1.00 e. The first-order chi connectivity index (χ1) is 25.5.